The van der Waals surface area contributed by atoms with Crippen molar-refractivity contribution in [3.63, 3.8) is 0 Å². The zero-order valence-electron chi connectivity index (χ0n) is 15.4. The second-order valence-corrected chi connectivity index (χ2v) is 7.07. The molecule has 29 heavy (non-hydrogen) atoms. The first-order valence-electron chi connectivity index (χ1n) is 8.38. The van der Waals surface area contributed by atoms with Crippen molar-refractivity contribution in [2.45, 2.75) is 45.3 Å². The lowest BCUT2D eigenvalue weighted by Crippen LogP contribution is -2.42. The Morgan fingerprint density at radius 2 is 1.79 bits per heavy atom. The van der Waals surface area contributed by atoms with E-state index in [-0.39, 0.29) is 21.6 Å². The Kier molecular flexibility index (Phi) is 5.92. The van der Waals surface area contributed by atoms with Gasteiger partial charge >= 0.3 is 17.9 Å². The van der Waals surface area contributed by atoms with Gasteiger partial charge in [0.2, 0.25) is 5.28 Å². The van der Waals surface area contributed by atoms with E-state index in [9.17, 15) is 19.5 Å². The topological polar surface area (TPSA) is 143 Å². The number of imidazole rings is 1. The highest BCUT2D eigenvalue weighted by Gasteiger charge is 2.53. The molecule has 156 valence electrons. The monoisotopic (exact) mass is 446 g/mol. The van der Waals surface area contributed by atoms with E-state index >= 15 is 0 Å². The molecule has 1 unspecified atom stereocenters. The summed E-state index contributed by atoms with van der Waals surface area (Å²) < 4.78 is 17.9. The summed E-state index contributed by atoms with van der Waals surface area (Å²) in [4.78, 5) is 46.8. The van der Waals surface area contributed by atoms with Crippen LogP contribution in [0.15, 0.2) is 6.33 Å². The van der Waals surface area contributed by atoms with Gasteiger partial charge in [-0.05, 0) is 18.5 Å². The number of aromatic nitrogens is 4. The van der Waals surface area contributed by atoms with Crippen LogP contribution in [0.25, 0.3) is 11.2 Å². The summed E-state index contributed by atoms with van der Waals surface area (Å²) in [7, 11) is 0. The Balaban J connectivity index is 2.12. The number of fused-ring (bicyclic) bond motifs is 1. The molecule has 5 atom stereocenters. The molecule has 0 radical (unpaired) electrons. The molecule has 13 heteroatoms. The van der Waals surface area contributed by atoms with Gasteiger partial charge in [-0.1, -0.05) is 11.6 Å². The molecule has 0 saturated carbocycles. The summed E-state index contributed by atoms with van der Waals surface area (Å²) in [6.45, 7) is 3.70. The van der Waals surface area contributed by atoms with Crippen molar-refractivity contribution in [3.8, 4) is 0 Å². The molecule has 0 bridgehead atoms. The second-order valence-electron chi connectivity index (χ2n) is 6.37. The van der Waals surface area contributed by atoms with Crippen molar-refractivity contribution in [3.05, 3.63) is 16.8 Å². The highest BCUT2D eigenvalue weighted by molar-refractivity contribution is 6.35. The van der Waals surface area contributed by atoms with Gasteiger partial charge in [0, 0.05) is 13.8 Å². The molecule has 11 nitrogen and oxygen atoms in total. The second kappa shape index (κ2) is 8.09. The molecule has 1 saturated heterocycles. The highest BCUT2D eigenvalue weighted by Crippen LogP contribution is 2.39. The fourth-order valence-corrected chi connectivity index (χ4v) is 3.54. The minimum Gasteiger partial charge on any atom is -0.481 e. The van der Waals surface area contributed by atoms with Crippen LogP contribution in [0, 0.1) is 5.92 Å². The van der Waals surface area contributed by atoms with E-state index in [0.717, 1.165) is 13.8 Å². The molecule has 0 spiro atoms. The van der Waals surface area contributed by atoms with Crippen LogP contribution in [0.5, 0.6) is 0 Å². The van der Waals surface area contributed by atoms with Gasteiger partial charge in [-0.3, -0.25) is 19.0 Å². The molecule has 2 aromatic heterocycles. The van der Waals surface area contributed by atoms with Gasteiger partial charge in [-0.2, -0.15) is 4.98 Å². The van der Waals surface area contributed by atoms with Crippen molar-refractivity contribution in [1.29, 1.82) is 0 Å². The smallest absolute Gasteiger partial charge is 0.309 e. The van der Waals surface area contributed by atoms with E-state index < -0.39 is 48.4 Å². The average molecular weight is 447 g/mol. The van der Waals surface area contributed by atoms with Gasteiger partial charge < -0.3 is 19.3 Å². The summed E-state index contributed by atoms with van der Waals surface area (Å²) >= 11 is 11.9. The molecule has 3 heterocycles. The number of rotatable bonds is 5. The van der Waals surface area contributed by atoms with Crippen LogP contribution in [0.2, 0.25) is 10.4 Å². The zero-order valence-corrected chi connectivity index (χ0v) is 16.9. The number of nitrogens with zero attached hydrogens (tertiary/aromatic N) is 4. The molecule has 1 N–H and O–H groups in total. The standard InChI is InChI=1S/C16H16Cl2N4O7/c1-5(15(25)26)9-10(27-6(2)23)11(28-7(3)24)14(29-9)22-4-19-8-12(17)20-16(18)21-13(8)22/h4-5,9-11,14H,1-3H3,(H,25,26)/t5?,9-,10-,11-,14-/m1/s1. The normalized spacial score (nSPS) is 25.0. The van der Waals surface area contributed by atoms with Crippen molar-refractivity contribution in [2.24, 2.45) is 5.92 Å². The third-order valence-electron chi connectivity index (χ3n) is 4.34. The maximum Gasteiger partial charge on any atom is 0.309 e. The Morgan fingerprint density at radius 3 is 2.38 bits per heavy atom. The van der Waals surface area contributed by atoms with Crippen LogP contribution in [-0.2, 0) is 28.6 Å². The lowest BCUT2D eigenvalue weighted by atomic mass is 9.98. The zero-order chi connectivity index (χ0) is 21.5. The minimum atomic E-state index is -1.18. The minimum absolute atomic E-state index is 0.00669. The maximum atomic E-state index is 11.7. The van der Waals surface area contributed by atoms with Gasteiger partial charge in [0.15, 0.2) is 29.2 Å². The maximum absolute atomic E-state index is 11.7. The third kappa shape index (κ3) is 4.11. The number of esters is 2. The van der Waals surface area contributed by atoms with Crippen molar-refractivity contribution >= 4 is 52.3 Å². The fraction of sp³-hybridized carbons (Fsp3) is 0.500. The third-order valence-corrected chi connectivity index (χ3v) is 4.77. The Morgan fingerprint density at radius 1 is 1.17 bits per heavy atom. The van der Waals surface area contributed by atoms with Crippen molar-refractivity contribution in [1.82, 2.24) is 19.5 Å². The molecule has 1 fully saturated rings. The summed E-state index contributed by atoms with van der Waals surface area (Å²) in [5, 5.41) is 9.26. The average Bonchev–Trinajstić information content (AvgIpc) is 3.15. The lowest BCUT2D eigenvalue weighted by molar-refractivity contribution is -0.166. The number of carboxylic acid groups (broad SMARTS) is 1. The van der Waals surface area contributed by atoms with E-state index in [1.165, 1.54) is 17.8 Å². The Hall–Kier alpha value is -2.50. The number of hydrogen-bond donors (Lipinski definition) is 1. The first kappa shape index (κ1) is 21.2. The summed E-state index contributed by atoms with van der Waals surface area (Å²) in [6.07, 6.45) is -3.27. The van der Waals surface area contributed by atoms with Crippen molar-refractivity contribution in [2.75, 3.05) is 0 Å². The van der Waals surface area contributed by atoms with E-state index in [1.807, 2.05) is 0 Å². The fourth-order valence-electron chi connectivity index (χ4n) is 3.12. The number of carbonyl (C=O) groups is 3. The number of carboxylic acids is 1. The molecule has 1 aliphatic rings. The van der Waals surface area contributed by atoms with Gasteiger partial charge in [0.25, 0.3) is 0 Å². The van der Waals surface area contributed by atoms with Crippen LogP contribution in [0.4, 0.5) is 0 Å². The summed E-state index contributed by atoms with van der Waals surface area (Å²) in [5.74, 6) is -3.64. The molecule has 0 aromatic carbocycles. The number of carbonyl (C=O) groups excluding carboxylic acids is 2. The highest BCUT2D eigenvalue weighted by atomic mass is 35.5. The van der Waals surface area contributed by atoms with E-state index in [4.69, 9.17) is 37.4 Å². The van der Waals surface area contributed by atoms with E-state index in [1.54, 1.807) is 0 Å². The number of hydrogen-bond acceptors (Lipinski definition) is 9. The molecule has 2 aromatic rings. The molecule has 1 aliphatic heterocycles. The van der Waals surface area contributed by atoms with E-state index in [2.05, 4.69) is 15.0 Å². The quantitative estimate of drug-likeness (QED) is 0.408. The summed E-state index contributed by atoms with van der Waals surface area (Å²) in [6, 6.07) is 0. The van der Waals surface area contributed by atoms with Crippen LogP contribution >= 0.6 is 23.2 Å². The number of halogens is 2. The molecule has 0 aliphatic carbocycles. The molecular formula is C16H16Cl2N4O7. The Bertz CT molecular complexity index is 982. The van der Waals surface area contributed by atoms with Gasteiger partial charge in [-0.15, -0.1) is 0 Å². The molecular weight excluding hydrogens is 431 g/mol. The largest absolute Gasteiger partial charge is 0.481 e. The van der Waals surface area contributed by atoms with Gasteiger partial charge in [-0.25, -0.2) is 9.97 Å². The first-order chi connectivity index (χ1) is 13.6. The van der Waals surface area contributed by atoms with Crippen LogP contribution in [-0.4, -0.2) is 60.8 Å². The SMILES string of the molecule is CC(=O)O[C@@H]1[C@H](OC(C)=O)[C@@H](C(C)C(=O)O)O[C@H]1n1cnc2c(Cl)nc(Cl)nc21. The van der Waals surface area contributed by atoms with Gasteiger partial charge in [0.05, 0.1) is 12.2 Å². The van der Waals surface area contributed by atoms with Crippen molar-refractivity contribution < 1.29 is 33.7 Å². The van der Waals surface area contributed by atoms with Gasteiger partial charge in [0.1, 0.15) is 11.6 Å². The molecule has 3 rings (SSSR count). The van der Waals surface area contributed by atoms with E-state index in [0.29, 0.717) is 0 Å². The summed E-state index contributed by atoms with van der Waals surface area (Å²) in [5.41, 5.74) is 0.377. The lowest BCUT2D eigenvalue weighted by Gasteiger charge is -2.24. The van der Waals surface area contributed by atoms with Crippen LogP contribution in [0.3, 0.4) is 0 Å². The predicted molar refractivity (Wildman–Crippen MR) is 97.2 cm³/mol. The Labute approximate surface area is 173 Å². The number of ether oxygens (including phenoxy) is 3. The number of aliphatic carboxylic acids is 1. The predicted octanol–water partition coefficient (Wildman–Crippen LogP) is 1.61. The van der Waals surface area contributed by atoms with Crippen LogP contribution in [0.1, 0.15) is 27.0 Å². The van der Waals surface area contributed by atoms with Crippen LogP contribution < -0.4 is 0 Å². The molecule has 0 amide bonds. The first-order valence-corrected chi connectivity index (χ1v) is 9.14.